The second-order valence-corrected chi connectivity index (χ2v) is 8.92. The topological polar surface area (TPSA) is 122 Å². The summed E-state index contributed by atoms with van der Waals surface area (Å²) in [6.07, 6.45) is 1.45. The first-order valence-electron chi connectivity index (χ1n) is 10.8. The van der Waals surface area contributed by atoms with Crippen molar-refractivity contribution in [3.8, 4) is 5.75 Å². The Morgan fingerprint density at radius 3 is 2.42 bits per heavy atom. The minimum absolute atomic E-state index is 0.0762. The van der Waals surface area contributed by atoms with E-state index in [1.807, 2.05) is 30.3 Å². The molecule has 0 aliphatic heterocycles. The molecule has 0 unspecified atom stereocenters. The summed E-state index contributed by atoms with van der Waals surface area (Å²) in [5.74, 6) is 2.05. The molecule has 0 spiro atoms. The predicted molar refractivity (Wildman–Crippen MR) is 130 cm³/mol. The maximum absolute atomic E-state index is 11.5. The number of primary sulfonamides is 1. The summed E-state index contributed by atoms with van der Waals surface area (Å²) < 4.78 is 28.9. The molecule has 0 saturated heterocycles. The molecule has 0 amide bonds. The standard InChI is InChI=1S/C23H30N6O3S/c1-3-29(4-2)12-13-32-20-10-8-19(9-11-20)28-23-15-22(26-17-27-23)25-16-18-6-5-7-21(14-18)33(24,30)31/h5-11,14-15,17H,3-4,12-13,16H2,1-2H3,(H2,24,30,31)(H2,25,26,27,28). The largest absolute Gasteiger partial charge is 0.492 e. The lowest BCUT2D eigenvalue weighted by atomic mass is 10.2. The van der Waals surface area contributed by atoms with Gasteiger partial charge in [0.1, 0.15) is 30.3 Å². The van der Waals surface area contributed by atoms with Gasteiger partial charge in [-0.2, -0.15) is 0 Å². The first-order valence-corrected chi connectivity index (χ1v) is 12.3. The van der Waals surface area contributed by atoms with E-state index >= 15 is 0 Å². The summed E-state index contributed by atoms with van der Waals surface area (Å²) in [6, 6.07) is 15.9. The van der Waals surface area contributed by atoms with Crippen LogP contribution in [0.2, 0.25) is 0 Å². The van der Waals surface area contributed by atoms with Crippen molar-refractivity contribution in [3.63, 3.8) is 0 Å². The van der Waals surface area contributed by atoms with E-state index in [-0.39, 0.29) is 4.90 Å². The lowest BCUT2D eigenvalue weighted by Crippen LogP contribution is -2.27. The molecule has 0 fully saturated rings. The van der Waals surface area contributed by atoms with Gasteiger partial charge < -0.3 is 20.3 Å². The van der Waals surface area contributed by atoms with E-state index in [1.165, 1.54) is 18.5 Å². The number of hydrogen-bond acceptors (Lipinski definition) is 8. The summed E-state index contributed by atoms with van der Waals surface area (Å²) in [4.78, 5) is 10.9. The Morgan fingerprint density at radius 1 is 1.00 bits per heavy atom. The Morgan fingerprint density at radius 2 is 1.73 bits per heavy atom. The number of likely N-dealkylation sites (N-methyl/N-ethyl adjacent to an activating group) is 1. The van der Waals surface area contributed by atoms with Crippen LogP contribution in [0.5, 0.6) is 5.75 Å². The van der Waals surface area contributed by atoms with Gasteiger partial charge >= 0.3 is 0 Å². The highest BCUT2D eigenvalue weighted by Gasteiger charge is 2.08. The number of aromatic nitrogens is 2. The SMILES string of the molecule is CCN(CC)CCOc1ccc(Nc2cc(NCc3cccc(S(N)(=O)=O)c3)ncn2)cc1. The number of benzene rings is 2. The summed E-state index contributed by atoms with van der Waals surface area (Å²) in [5, 5.41) is 11.6. The number of nitrogens with zero attached hydrogens (tertiary/aromatic N) is 3. The van der Waals surface area contributed by atoms with Crippen molar-refractivity contribution < 1.29 is 13.2 Å². The zero-order valence-corrected chi connectivity index (χ0v) is 19.7. The Labute approximate surface area is 195 Å². The van der Waals surface area contributed by atoms with Gasteiger partial charge in [0.2, 0.25) is 10.0 Å². The molecule has 0 radical (unpaired) electrons. The van der Waals surface area contributed by atoms with Crippen molar-refractivity contribution in [2.24, 2.45) is 5.14 Å². The fraction of sp³-hybridized carbons (Fsp3) is 0.304. The van der Waals surface area contributed by atoms with E-state index in [0.717, 1.165) is 36.6 Å². The van der Waals surface area contributed by atoms with Gasteiger partial charge in [0.05, 0.1) is 4.90 Å². The van der Waals surface area contributed by atoms with Crippen LogP contribution in [0, 0.1) is 0 Å². The summed E-state index contributed by atoms with van der Waals surface area (Å²) >= 11 is 0. The van der Waals surface area contributed by atoms with Crippen LogP contribution in [0.3, 0.4) is 0 Å². The zero-order chi connectivity index (χ0) is 23.7. The minimum atomic E-state index is -3.74. The molecule has 0 saturated carbocycles. The highest BCUT2D eigenvalue weighted by molar-refractivity contribution is 7.89. The monoisotopic (exact) mass is 470 g/mol. The molecule has 1 heterocycles. The molecule has 1 aromatic heterocycles. The van der Waals surface area contributed by atoms with Crippen LogP contribution in [0.15, 0.2) is 65.8 Å². The first-order chi connectivity index (χ1) is 15.9. The summed E-state index contributed by atoms with van der Waals surface area (Å²) in [5.41, 5.74) is 1.64. The first kappa shape index (κ1) is 24.4. The number of hydrogen-bond donors (Lipinski definition) is 3. The third-order valence-corrected chi connectivity index (χ3v) is 5.98. The Bertz CT molecular complexity index is 1130. The Balaban J connectivity index is 1.55. The molecule has 33 heavy (non-hydrogen) atoms. The van der Waals surface area contributed by atoms with Gasteiger partial charge in [0.15, 0.2) is 0 Å². The van der Waals surface area contributed by atoms with Gasteiger partial charge in [-0.25, -0.2) is 23.5 Å². The molecule has 0 bridgehead atoms. The Hall–Kier alpha value is -3.21. The molecule has 2 aromatic carbocycles. The minimum Gasteiger partial charge on any atom is -0.492 e. The van der Waals surface area contributed by atoms with Gasteiger partial charge in [-0.15, -0.1) is 0 Å². The zero-order valence-electron chi connectivity index (χ0n) is 18.9. The average Bonchev–Trinajstić information content (AvgIpc) is 2.81. The van der Waals surface area contributed by atoms with Crippen molar-refractivity contribution in [1.82, 2.24) is 14.9 Å². The summed E-state index contributed by atoms with van der Waals surface area (Å²) in [6.45, 7) is 8.25. The predicted octanol–water partition coefficient (Wildman–Crippen LogP) is 3.20. The van der Waals surface area contributed by atoms with Gasteiger partial charge in [-0.1, -0.05) is 26.0 Å². The van der Waals surface area contributed by atoms with Crippen LogP contribution >= 0.6 is 0 Å². The van der Waals surface area contributed by atoms with Crippen molar-refractivity contribution in [1.29, 1.82) is 0 Å². The van der Waals surface area contributed by atoms with Gasteiger partial charge in [-0.05, 0) is 55.1 Å². The Kier molecular flexibility index (Phi) is 8.58. The van der Waals surface area contributed by atoms with E-state index in [0.29, 0.717) is 24.8 Å². The molecule has 3 aromatic rings. The van der Waals surface area contributed by atoms with Crippen molar-refractivity contribution in [2.45, 2.75) is 25.3 Å². The molecule has 10 heteroatoms. The van der Waals surface area contributed by atoms with Gasteiger partial charge in [0.25, 0.3) is 0 Å². The van der Waals surface area contributed by atoms with Crippen LogP contribution in [-0.2, 0) is 16.6 Å². The smallest absolute Gasteiger partial charge is 0.238 e. The number of nitrogens with one attached hydrogen (secondary N) is 2. The fourth-order valence-corrected chi connectivity index (χ4v) is 3.75. The molecule has 4 N–H and O–H groups in total. The van der Waals surface area contributed by atoms with Crippen LogP contribution in [-0.4, -0.2) is 49.5 Å². The van der Waals surface area contributed by atoms with Gasteiger partial charge in [-0.3, -0.25) is 0 Å². The molecule has 0 aliphatic carbocycles. The summed E-state index contributed by atoms with van der Waals surface area (Å²) in [7, 11) is -3.74. The molecule has 0 atom stereocenters. The molecular formula is C23H30N6O3S. The second kappa shape index (κ2) is 11.6. The van der Waals surface area contributed by atoms with E-state index in [2.05, 4.69) is 39.3 Å². The molecule has 9 nitrogen and oxygen atoms in total. The quantitative estimate of drug-likeness (QED) is 0.369. The van der Waals surface area contributed by atoms with E-state index < -0.39 is 10.0 Å². The highest BCUT2D eigenvalue weighted by Crippen LogP contribution is 2.20. The maximum Gasteiger partial charge on any atom is 0.238 e. The van der Waals surface area contributed by atoms with Crippen LogP contribution < -0.4 is 20.5 Å². The van der Waals surface area contributed by atoms with Crippen molar-refractivity contribution in [2.75, 3.05) is 36.9 Å². The molecular weight excluding hydrogens is 440 g/mol. The fourth-order valence-electron chi connectivity index (χ4n) is 3.16. The van der Waals surface area contributed by atoms with Crippen molar-refractivity contribution >= 4 is 27.3 Å². The van der Waals surface area contributed by atoms with E-state index in [1.54, 1.807) is 12.1 Å². The molecule has 176 valence electrons. The highest BCUT2D eigenvalue weighted by atomic mass is 32.2. The molecule has 0 aliphatic rings. The third kappa shape index (κ3) is 7.70. The van der Waals surface area contributed by atoms with E-state index in [9.17, 15) is 8.42 Å². The maximum atomic E-state index is 11.5. The van der Waals surface area contributed by atoms with Crippen LogP contribution in [0.1, 0.15) is 19.4 Å². The number of anilines is 3. The number of rotatable bonds is 12. The second-order valence-electron chi connectivity index (χ2n) is 7.36. The number of nitrogens with two attached hydrogens (primary N) is 1. The van der Waals surface area contributed by atoms with E-state index in [4.69, 9.17) is 9.88 Å². The van der Waals surface area contributed by atoms with Crippen LogP contribution in [0.4, 0.5) is 17.3 Å². The number of ether oxygens (including phenoxy) is 1. The normalized spacial score (nSPS) is 11.4. The lowest BCUT2D eigenvalue weighted by Gasteiger charge is -2.18. The van der Waals surface area contributed by atoms with Gasteiger partial charge in [0, 0.05) is 24.8 Å². The third-order valence-electron chi connectivity index (χ3n) is 5.07. The van der Waals surface area contributed by atoms with Crippen molar-refractivity contribution in [3.05, 3.63) is 66.5 Å². The van der Waals surface area contributed by atoms with Crippen LogP contribution in [0.25, 0.3) is 0 Å². The molecule has 3 rings (SSSR count). The average molecular weight is 471 g/mol. The number of sulfonamides is 1. The lowest BCUT2D eigenvalue weighted by molar-refractivity contribution is 0.223.